The van der Waals surface area contributed by atoms with E-state index >= 15 is 0 Å². The summed E-state index contributed by atoms with van der Waals surface area (Å²) in [7, 11) is 2.16. The molecule has 0 amide bonds. The molecule has 0 heterocycles. The SMILES string of the molecule is CN(Cc1ccccc1)Cc1ccccc1CCN. The molecule has 0 saturated carbocycles. The largest absolute Gasteiger partial charge is 0.330 e. The lowest BCUT2D eigenvalue weighted by atomic mass is 10.0. The van der Waals surface area contributed by atoms with E-state index in [9.17, 15) is 0 Å². The van der Waals surface area contributed by atoms with Crippen LogP contribution < -0.4 is 5.73 Å². The van der Waals surface area contributed by atoms with Gasteiger partial charge in [-0.2, -0.15) is 0 Å². The van der Waals surface area contributed by atoms with Gasteiger partial charge in [0.1, 0.15) is 0 Å². The minimum atomic E-state index is 0.708. The Morgan fingerprint density at radius 3 is 2.16 bits per heavy atom. The fourth-order valence-corrected chi connectivity index (χ4v) is 2.35. The summed E-state index contributed by atoms with van der Waals surface area (Å²) in [5.41, 5.74) is 9.77. The maximum atomic E-state index is 5.67. The molecular weight excluding hydrogens is 232 g/mol. The van der Waals surface area contributed by atoms with E-state index in [1.807, 2.05) is 0 Å². The molecule has 0 unspecified atom stereocenters. The van der Waals surface area contributed by atoms with Gasteiger partial charge in [-0.1, -0.05) is 54.6 Å². The lowest BCUT2D eigenvalue weighted by Crippen LogP contribution is -2.18. The topological polar surface area (TPSA) is 29.3 Å². The molecule has 0 aromatic heterocycles. The molecule has 0 bridgehead atoms. The van der Waals surface area contributed by atoms with E-state index in [0.29, 0.717) is 6.54 Å². The van der Waals surface area contributed by atoms with Crippen LogP contribution >= 0.6 is 0 Å². The van der Waals surface area contributed by atoms with E-state index in [-0.39, 0.29) is 0 Å². The second kappa shape index (κ2) is 7.07. The maximum Gasteiger partial charge on any atom is 0.0236 e. The van der Waals surface area contributed by atoms with Crippen LogP contribution in [-0.4, -0.2) is 18.5 Å². The summed E-state index contributed by atoms with van der Waals surface area (Å²) in [6, 6.07) is 19.1. The Morgan fingerprint density at radius 2 is 1.47 bits per heavy atom. The number of nitrogens with zero attached hydrogens (tertiary/aromatic N) is 1. The molecule has 100 valence electrons. The zero-order chi connectivity index (χ0) is 13.5. The van der Waals surface area contributed by atoms with Crippen molar-refractivity contribution in [1.82, 2.24) is 4.90 Å². The number of rotatable bonds is 6. The maximum absolute atomic E-state index is 5.67. The second-order valence-electron chi connectivity index (χ2n) is 4.97. The van der Waals surface area contributed by atoms with Gasteiger partial charge in [-0.3, -0.25) is 4.90 Å². The molecule has 2 aromatic rings. The average molecular weight is 254 g/mol. The summed E-state index contributed by atoms with van der Waals surface area (Å²) in [4.78, 5) is 2.34. The average Bonchev–Trinajstić information content (AvgIpc) is 2.42. The van der Waals surface area contributed by atoms with E-state index in [1.165, 1.54) is 16.7 Å². The summed E-state index contributed by atoms with van der Waals surface area (Å²) in [5, 5.41) is 0. The van der Waals surface area contributed by atoms with Gasteiger partial charge in [0.15, 0.2) is 0 Å². The van der Waals surface area contributed by atoms with Gasteiger partial charge in [-0.15, -0.1) is 0 Å². The van der Waals surface area contributed by atoms with Gasteiger partial charge in [-0.25, -0.2) is 0 Å². The van der Waals surface area contributed by atoms with Gasteiger partial charge < -0.3 is 5.73 Å². The van der Waals surface area contributed by atoms with Gasteiger partial charge in [0.2, 0.25) is 0 Å². The molecule has 0 aliphatic carbocycles. The van der Waals surface area contributed by atoms with E-state index in [0.717, 1.165) is 19.5 Å². The third-order valence-corrected chi connectivity index (χ3v) is 3.27. The van der Waals surface area contributed by atoms with Crippen molar-refractivity contribution in [3.8, 4) is 0 Å². The quantitative estimate of drug-likeness (QED) is 0.859. The molecule has 2 aromatic carbocycles. The molecule has 2 heteroatoms. The van der Waals surface area contributed by atoms with Gasteiger partial charge in [0.05, 0.1) is 0 Å². The second-order valence-corrected chi connectivity index (χ2v) is 4.97. The van der Waals surface area contributed by atoms with Crippen LogP contribution in [0.5, 0.6) is 0 Å². The van der Waals surface area contributed by atoms with Crippen molar-refractivity contribution in [2.75, 3.05) is 13.6 Å². The Hall–Kier alpha value is -1.64. The highest BCUT2D eigenvalue weighted by molar-refractivity contribution is 5.27. The highest BCUT2D eigenvalue weighted by atomic mass is 15.1. The van der Waals surface area contributed by atoms with Crippen LogP contribution in [0.4, 0.5) is 0 Å². The first-order chi connectivity index (χ1) is 9.29. The smallest absolute Gasteiger partial charge is 0.0236 e. The lowest BCUT2D eigenvalue weighted by molar-refractivity contribution is 0.318. The fourth-order valence-electron chi connectivity index (χ4n) is 2.35. The van der Waals surface area contributed by atoms with Crippen molar-refractivity contribution in [2.24, 2.45) is 5.73 Å². The minimum Gasteiger partial charge on any atom is -0.330 e. The molecule has 0 fully saturated rings. The number of hydrogen-bond donors (Lipinski definition) is 1. The summed E-state index contributed by atoms with van der Waals surface area (Å²) in [6.07, 6.45) is 0.954. The van der Waals surface area contributed by atoms with Crippen LogP contribution in [0, 0.1) is 0 Å². The summed E-state index contributed by atoms with van der Waals surface area (Å²) >= 11 is 0. The van der Waals surface area contributed by atoms with Crippen molar-refractivity contribution in [1.29, 1.82) is 0 Å². The fraction of sp³-hybridized carbons (Fsp3) is 0.294. The van der Waals surface area contributed by atoms with Crippen molar-refractivity contribution < 1.29 is 0 Å². The summed E-state index contributed by atoms with van der Waals surface area (Å²) < 4.78 is 0. The summed E-state index contributed by atoms with van der Waals surface area (Å²) in [5.74, 6) is 0. The van der Waals surface area contributed by atoms with Crippen LogP contribution in [0.1, 0.15) is 16.7 Å². The summed E-state index contributed by atoms with van der Waals surface area (Å²) in [6.45, 7) is 2.64. The molecule has 2 rings (SSSR count). The van der Waals surface area contributed by atoms with E-state index in [2.05, 4.69) is 66.5 Å². The van der Waals surface area contributed by atoms with Crippen LogP contribution in [-0.2, 0) is 19.5 Å². The first-order valence-electron chi connectivity index (χ1n) is 6.79. The molecule has 0 spiro atoms. The van der Waals surface area contributed by atoms with E-state index in [4.69, 9.17) is 5.73 Å². The highest BCUT2D eigenvalue weighted by Crippen LogP contribution is 2.13. The monoisotopic (exact) mass is 254 g/mol. The standard InChI is InChI=1S/C17H22N2/c1-19(13-15-7-3-2-4-8-15)14-17-10-6-5-9-16(17)11-12-18/h2-10H,11-14,18H2,1H3. The third-order valence-electron chi connectivity index (χ3n) is 3.27. The van der Waals surface area contributed by atoms with Crippen molar-refractivity contribution in [3.05, 3.63) is 71.3 Å². The Labute approximate surface area is 115 Å². The predicted molar refractivity (Wildman–Crippen MR) is 80.8 cm³/mol. The molecular formula is C17H22N2. The van der Waals surface area contributed by atoms with E-state index in [1.54, 1.807) is 0 Å². The van der Waals surface area contributed by atoms with Crippen molar-refractivity contribution in [3.63, 3.8) is 0 Å². The molecule has 0 radical (unpaired) electrons. The van der Waals surface area contributed by atoms with Crippen molar-refractivity contribution >= 4 is 0 Å². The van der Waals surface area contributed by atoms with Crippen molar-refractivity contribution in [2.45, 2.75) is 19.5 Å². The Balaban J connectivity index is 2.00. The Bertz CT molecular complexity index is 494. The predicted octanol–water partition coefficient (Wildman–Crippen LogP) is 2.82. The molecule has 2 nitrogen and oxygen atoms in total. The molecule has 0 aliphatic rings. The van der Waals surface area contributed by atoms with E-state index < -0.39 is 0 Å². The highest BCUT2D eigenvalue weighted by Gasteiger charge is 2.05. The van der Waals surface area contributed by atoms with Crippen LogP contribution in [0.25, 0.3) is 0 Å². The van der Waals surface area contributed by atoms with Gasteiger partial charge >= 0.3 is 0 Å². The Morgan fingerprint density at radius 1 is 0.842 bits per heavy atom. The number of nitrogens with two attached hydrogens (primary N) is 1. The number of hydrogen-bond acceptors (Lipinski definition) is 2. The Kier molecular flexibility index (Phi) is 5.13. The van der Waals surface area contributed by atoms with Crippen LogP contribution in [0.15, 0.2) is 54.6 Å². The minimum absolute atomic E-state index is 0.708. The normalized spacial score (nSPS) is 10.9. The molecule has 0 atom stereocenters. The lowest BCUT2D eigenvalue weighted by Gasteiger charge is -2.19. The molecule has 0 saturated heterocycles. The van der Waals surface area contributed by atoms with Gasteiger partial charge in [0.25, 0.3) is 0 Å². The third kappa shape index (κ3) is 4.19. The first kappa shape index (κ1) is 13.8. The number of benzene rings is 2. The molecule has 0 aliphatic heterocycles. The van der Waals surface area contributed by atoms with Crippen LogP contribution in [0.2, 0.25) is 0 Å². The van der Waals surface area contributed by atoms with Crippen LogP contribution in [0.3, 0.4) is 0 Å². The van der Waals surface area contributed by atoms with Gasteiger partial charge in [0, 0.05) is 13.1 Å². The van der Waals surface area contributed by atoms with Gasteiger partial charge in [-0.05, 0) is 36.7 Å². The zero-order valence-corrected chi connectivity index (χ0v) is 11.5. The molecule has 2 N–H and O–H groups in total. The molecule has 19 heavy (non-hydrogen) atoms. The zero-order valence-electron chi connectivity index (χ0n) is 11.5. The first-order valence-corrected chi connectivity index (χ1v) is 6.79.